The summed E-state index contributed by atoms with van der Waals surface area (Å²) in [6, 6.07) is 5.64. The smallest absolute Gasteiger partial charge is 0.314 e. The fraction of sp³-hybridized carbons (Fsp3) is 0.438. The number of hydrogen-bond donors (Lipinski definition) is 2. The highest BCUT2D eigenvalue weighted by molar-refractivity contribution is 7.10. The first-order chi connectivity index (χ1) is 11.6. The number of thiophene rings is 1. The van der Waals surface area contributed by atoms with Gasteiger partial charge in [0.1, 0.15) is 0 Å². The van der Waals surface area contributed by atoms with Gasteiger partial charge in [-0.2, -0.15) is 5.10 Å². The Labute approximate surface area is 145 Å². The highest BCUT2D eigenvalue weighted by atomic mass is 32.1. The van der Waals surface area contributed by atoms with Crippen LogP contribution in [0.15, 0.2) is 29.8 Å². The molecule has 2 aromatic rings. The number of ether oxygens (including phenoxy) is 1. The van der Waals surface area contributed by atoms with E-state index in [4.69, 9.17) is 4.74 Å². The number of carbonyl (C=O) groups is 2. The summed E-state index contributed by atoms with van der Waals surface area (Å²) in [5.74, 6) is -0.844. The van der Waals surface area contributed by atoms with Crippen molar-refractivity contribution in [2.75, 3.05) is 25.6 Å². The van der Waals surface area contributed by atoms with Crippen LogP contribution in [0.2, 0.25) is 0 Å². The van der Waals surface area contributed by atoms with Gasteiger partial charge in [0, 0.05) is 49.9 Å². The second-order valence-electron chi connectivity index (χ2n) is 5.39. The number of aromatic nitrogens is 2. The summed E-state index contributed by atoms with van der Waals surface area (Å²) in [6.07, 6.45) is 2.58. The number of carbonyl (C=O) groups excluding carboxylic acids is 2. The molecule has 2 N–H and O–H groups in total. The van der Waals surface area contributed by atoms with Crippen LogP contribution in [0.1, 0.15) is 24.1 Å². The van der Waals surface area contributed by atoms with Gasteiger partial charge in [0.25, 0.3) is 0 Å². The minimum absolute atomic E-state index is 0.168. The van der Waals surface area contributed by atoms with Gasteiger partial charge in [-0.3, -0.25) is 14.3 Å². The van der Waals surface area contributed by atoms with Crippen LogP contribution in [0, 0.1) is 0 Å². The number of amides is 2. The maximum Gasteiger partial charge on any atom is 0.314 e. The molecule has 0 saturated heterocycles. The first-order valence-electron chi connectivity index (χ1n) is 7.75. The van der Waals surface area contributed by atoms with E-state index in [-0.39, 0.29) is 5.92 Å². The molecule has 2 amide bonds. The average Bonchev–Trinajstić information content (AvgIpc) is 3.24. The van der Waals surface area contributed by atoms with Crippen LogP contribution in [0.25, 0.3) is 0 Å². The fourth-order valence-corrected chi connectivity index (χ4v) is 2.88. The molecule has 2 heterocycles. The Bertz CT molecular complexity index is 654. The molecule has 2 aromatic heterocycles. The van der Waals surface area contributed by atoms with E-state index in [1.165, 1.54) is 4.88 Å². The van der Waals surface area contributed by atoms with Crippen molar-refractivity contribution in [3.63, 3.8) is 0 Å². The highest BCUT2D eigenvalue weighted by Crippen LogP contribution is 2.19. The Morgan fingerprint density at radius 3 is 2.92 bits per heavy atom. The molecule has 0 aliphatic rings. The molecule has 0 aromatic carbocycles. The molecule has 0 fully saturated rings. The van der Waals surface area contributed by atoms with Crippen LogP contribution < -0.4 is 10.6 Å². The first-order valence-corrected chi connectivity index (χ1v) is 8.63. The van der Waals surface area contributed by atoms with Gasteiger partial charge in [0.15, 0.2) is 5.82 Å². The summed E-state index contributed by atoms with van der Waals surface area (Å²) in [5, 5.41) is 11.3. The number of rotatable bonds is 8. The Kier molecular flexibility index (Phi) is 6.95. The van der Waals surface area contributed by atoms with Gasteiger partial charge in [-0.15, -0.1) is 11.3 Å². The molecule has 24 heavy (non-hydrogen) atoms. The van der Waals surface area contributed by atoms with Crippen molar-refractivity contribution in [1.82, 2.24) is 15.1 Å². The van der Waals surface area contributed by atoms with Crippen molar-refractivity contribution in [2.45, 2.75) is 25.8 Å². The molecule has 8 heteroatoms. The predicted octanol–water partition coefficient (Wildman–Crippen LogP) is 1.84. The maximum absolute atomic E-state index is 11.9. The lowest BCUT2D eigenvalue weighted by Gasteiger charge is -2.10. The second-order valence-corrected chi connectivity index (χ2v) is 6.37. The lowest BCUT2D eigenvalue weighted by Crippen LogP contribution is -2.37. The minimum Gasteiger partial charge on any atom is -0.385 e. The van der Waals surface area contributed by atoms with Crippen LogP contribution >= 0.6 is 11.3 Å². The molecular formula is C16H22N4O3S. The van der Waals surface area contributed by atoms with E-state index in [9.17, 15) is 9.59 Å². The first kappa shape index (κ1) is 18.2. The predicted molar refractivity (Wildman–Crippen MR) is 93.1 cm³/mol. The molecule has 130 valence electrons. The average molecular weight is 350 g/mol. The minimum atomic E-state index is -0.712. The third-order valence-corrected chi connectivity index (χ3v) is 4.53. The Hall–Kier alpha value is -2.19. The molecule has 0 saturated carbocycles. The molecule has 0 aliphatic carbocycles. The summed E-state index contributed by atoms with van der Waals surface area (Å²) in [7, 11) is 1.65. The van der Waals surface area contributed by atoms with Crippen LogP contribution in [0.4, 0.5) is 5.82 Å². The zero-order valence-electron chi connectivity index (χ0n) is 13.8. The van der Waals surface area contributed by atoms with Gasteiger partial charge >= 0.3 is 11.8 Å². The van der Waals surface area contributed by atoms with Crippen LogP contribution in [0.5, 0.6) is 0 Å². The molecule has 0 unspecified atom stereocenters. The summed E-state index contributed by atoms with van der Waals surface area (Å²) in [5.41, 5.74) is 0. The van der Waals surface area contributed by atoms with Gasteiger partial charge in [0.2, 0.25) is 0 Å². The molecule has 0 radical (unpaired) electrons. The molecule has 0 spiro atoms. The number of methoxy groups -OCH3 is 1. The third kappa shape index (κ3) is 5.47. The Morgan fingerprint density at radius 2 is 2.21 bits per heavy atom. The van der Waals surface area contributed by atoms with Gasteiger partial charge < -0.3 is 15.4 Å². The van der Waals surface area contributed by atoms with Gasteiger partial charge in [-0.05, 0) is 17.9 Å². The van der Waals surface area contributed by atoms with Crippen LogP contribution in [-0.4, -0.2) is 41.9 Å². The van der Waals surface area contributed by atoms with E-state index < -0.39 is 11.8 Å². The number of anilines is 1. The van der Waals surface area contributed by atoms with Crippen molar-refractivity contribution in [3.8, 4) is 0 Å². The summed E-state index contributed by atoms with van der Waals surface area (Å²) in [6.45, 7) is 3.75. The molecular weight excluding hydrogens is 328 g/mol. The van der Waals surface area contributed by atoms with Crippen molar-refractivity contribution in [3.05, 3.63) is 34.7 Å². The van der Waals surface area contributed by atoms with Gasteiger partial charge in [0.05, 0.1) is 0 Å². The largest absolute Gasteiger partial charge is 0.385 e. The highest BCUT2D eigenvalue weighted by Gasteiger charge is 2.16. The summed E-state index contributed by atoms with van der Waals surface area (Å²) >= 11 is 1.63. The lowest BCUT2D eigenvalue weighted by molar-refractivity contribution is -0.136. The van der Waals surface area contributed by atoms with E-state index in [0.29, 0.717) is 25.5 Å². The van der Waals surface area contributed by atoms with Crippen molar-refractivity contribution in [1.29, 1.82) is 0 Å². The second kappa shape index (κ2) is 9.19. The number of hydrogen-bond acceptors (Lipinski definition) is 5. The number of nitrogens with zero attached hydrogens (tertiary/aromatic N) is 2. The van der Waals surface area contributed by atoms with E-state index in [0.717, 1.165) is 6.42 Å². The topological polar surface area (TPSA) is 85.2 Å². The van der Waals surface area contributed by atoms with Crippen LogP contribution in [0.3, 0.4) is 0 Å². The molecule has 0 aliphatic heterocycles. The number of aryl methyl sites for hydroxylation is 1. The molecule has 2 rings (SSSR count). The Balaban J connectivity index is 1.76. The van der Waals surface area contributed by atoms with E-state index >= 15 is 0 Å². The van der Waals surface area contributed by atoms with E-state index in [1.54, 1.807) is 35.4 Å². The zero-order valence-corrected chi connectivity index (χ0v) is 14.6. The standard InChI is InChI=1S/C16H22N4O3S/c1-12(13-5-3-10-24-13)11-17-15(21)16(22)18-14-6-8-20(19-14)7-4-9-23-2/h3,5-6,8,10,12H,4,7,9,11H2,1-2H3,(H,17,21)(H,18,19,22)/t12-/m1/s1. The van der Waals surface area contributed by atoms with E-state index in [2.05, 4.69) is 15.7 Å². The molecule has 1 atom stereocenters. The fourth-order valence-electron chi connectivity index (χ4n) is 2.10. The van der Waals surface area contributed by atoms with Gasteiger partial charge in [-0.25, -0.2) is 0 Å². The van der Waals surface area contributed by atoms with Gasteiger partial charge in [-0.1, -0.05) is 13.0 Å². The number of nitrogens with one attached hydrogen (secondary N) is 2. The normalized spacial score (nSPS) is 11.9. The van der Waals surface area contributed by atoms with Crippen LogP contribution in [-0.2, 0) is 20.9 Å². The Morgan fingerprint density at radius 1 is 1.38 bits per heavy atom. The lowest BCUT2D eigenvalue weighted by atomic mass is 10.1. The molecule has 7 nitrogen and oxygen atoms in total. The van der Waals surface area contributed by atoms with Crippen molar-refractivity contribution in [2.24, 2.45) is 0 Å². The van der Waals surface area contributed by atoms with E-state index in [1.807, 2.05) is 24.4 Å². The maximum atomic E-state index is 11.9. The quantitative estimate of drug-likeness (QED) is 0.562. The SMILES string of the molecule is COCCCn1ccc(NC(=O)C(=O)NC[C@@H](C)c2cccs2)n1. The third-order valence-electron chi connectivity index (χ3n) is 3.42. The van der Waals surface area contributed by atoms with Crippen molar-refractivity contribution < 1.29 is 14.3 Å². The summed E-state index contributed by atoms with van der Waals surface area (Å²) < 4.78 is 6.68. The zero-order chi connectivity index (χ0) is 17.4. The summed E-state index contributed by atoms with van der Waals surface area (Å²) in [4.78, 5) is 24.9. The molecule has 0 bridgehead atoms. The monoisotopic (exact) mass is 350 g/mol. The van der Waals surface area contributed by atoms with Crippen molar-refractivity contribution >= 4 is 29.0 Å².